The summed E-state index contributed by atoms with van der Waals surface area (Å²) >= 11 is 0. The van der Waals surface area contributed by atoms with Crippen LogP contribution in [0.25, 0.3) is 0 Å². The number of rotatable bonds is 9. The van der Waals surface area contributed by atoms with Crippen molar-refractivity contribution in [3.63, 3.8) is 0 Å². The lowest BCUT2D eigenvalue weighted by Gasteiger charge is -2.17. The summed E-state index contributed by atoms with van der Waals surface area (Å²) in [6, 6.07) is 6.74. The summed E-state index contributed by atoms with van der Waals surface area (Å²) in [7, 11) is 0.901. The number of methoxy groups -OCH3 is 3. The van der Waals surface area contributed by atoms with E-state index in [0.717, 1.165) is 18.0 Å². The molecule has 3 aromatic rings. The summed E-state index contributed by atoms with van der Waals surface area (Å²) in [4.78, 5) is 8.19. The lowest BCUT2D eigenvalue weighted by atomic mass is 10.1. The van der Waals surface area contributed by atoms with Gasteiger partial charge in [0, 0.05) is 17.8 Å². The molecule has 0 spiro atoms. The van der Waals surface area contributed by atoms with Crippen LogP contribution in [0.3, 0.4) is 0 Å². The van der Waals surface area contributed by atoms with Crippen LogP contribution in [-0.2, 0) is 10.0 Å². The van der Waals surface area contributed by atoms with Crippen LogP contribution in [0.15, 0.2) is 30.5 Å². The molecule has 3 N–H and O–H groups in total. The average Bonchev–Trinajstić information content (AvgIpc) is 2.79. The maximum absolute atomic E-state index is 14.6. The lowest BCUT2D eigenvalue weighted by molar-refractivity contribution is 0.324. The smallest absolute Gasteiger partial charge is 0.229 e. The first-order valence-electron chi connectivity index (χ1n) is 10.0. The number of aryl methyl sites for hydroxylation is 1. The van der Waals surface area contributed by atoms with Crippen molar-refractivity contribution in [2.45, 2.75) is 13.8 Å². The molecule has 0 aliphatic heterocycles. The van der Waals surface area contributed by atoms with Gasteiger partial charge >= 0.3 is 0 Å². The van der Waals surface area contributed by atoms with E-state index in [4.69, 9.17) is 14.2 Å². The fraction of sp³-hybridized carbons (Fsp3) is 0.273. The van der Waals surface area contributed by atoms with Gasteiger partial charge in [0.1, 0.15) is 0 Å². The van der Waals surface area contributed by atoms with Gasteiger partial charge in [0.15, 0.2) is 23.1 Å². The second-order valence-corrected chi connectivity index (χ2v) is 9.11. The van der Waals surface area contributed by atoms with Gasteiger partial charge in [0.05, 0.1) is 45.2 Å². The summed E-state index contributed by atoms with van der Waals surface area (Å²) in [6.07, 6.45) is 2.05. The van der Waals surface area contributed by atoms with Gasteiger partial charge in [0.25, 0.3) is 0 Å². The lowest BCUT2D eigenvalue weighted by Crippen LogP contribution is -2.13. The van der Waals surface area contributed by atoms with Crippen LogP contribution in [0.5, 0.6) is 17.2 Å². The molecule has 10 nitrogen and oxygen atoms in total. The zero-order valence-electron chi connectivity index (χ0n) is 19.6. The van der Waals surface area contributed by atoms with E-state index in [2.05, 4.69) is 25.3 Å². The quantitative estimate of drug-likeness (QED) is 0.405. The van der Waals surface area contributed by atoms with Gasteiger partial charge in [-0.2, -0.15) is 4.98 Å². The number of benzene rings is 2. The zero-order chi connectivity index (χ0) is 25.0. The fourth-order valence-corrected chi connectivity index (χ4v) is 3.80. The van der Waals surface area contributed by atoms with E-state index in [9.17, 15) is 12.8 Å². The maximum atomic E-state index is 14.6. The number of hydrogen-bond donors (Lipinski definition) is 3. The minimum atomic E-state index is -3.57. The third kappa shape index (κ3) is 5.57. The predicted molar refractivity (Wildman–Crippen MR) is 129 cm³/mol. The van der Waals surface area contributed by atoms with E-state index in [1.165, 1.54) is 21.3 Å². The number of ether oxygens (including phenoxy) is 3. The third-order valence-corrected chi connectivity index (χ3v) is 5.52. The number of nitrogens with one attached hydrogen (secondary N) is 3. The second-order valence-electron chi connectivity index (χ2n) is 7.36. The molecule has 0 aliphatic carbocycles. The highest BCUT2D eigenvalue weighted by molar-refractivity contribution is 7.92. The fourth-order valence-electron chi connectivity index (χ4n) is 3.16. The molecule has 3 rings (SSSR count). The topological polar surface area (TPSA) is 124 Å². The predicted octanol–water partition coefficient (Wildman–Crippen LogP) is 4.12. The Morgan fingerprint density at radius 1 is 0.971 bits per heavy atom. The van der Waals surface area contributed by atoms with Crippen molar-refractivity contribution in [2.75, 3.05) is 42.9 Å². The number of sulfonamides is 1. The molecule has 182 valence electrons. The minimum Gasteiger partial charge on any atom is -0.493 e. The number of halogens is 1. The largest absolute Gasteiger partial charge is 0.493 e. The van der Waals surface area contributed by atoms with Crippen LogP contribution in [0.1, 0.15) is 11.1 Å². The minimum absolute atomic E-state index is 0.0830. The SMILES string of the molecule is COc1cc(Nc2ncc(F)c(Nc3ccc(C)c(C)c3NS(C)(=O)=O)n2)cc(OC)c1OC. The Morgan fingerprint density at radius 3 is 2.18 bits per heavy atom. The molecule has 0 fully saturated rings. The monoisotopic (exact) mass is 491 g/mol. The average molecular weight is 492 g/mol. The first-order chi connectivity index (χ1) is 16.1. The Morgan fingerprint density at radius 2 is 1.62 bits per heavy atom. The van der Waals surface area contributed by atoms with Gasteiger partial charge in [-0.3, -0.25) is 4.72 Å². The van der Waals surface area contributed by atoms with Gasteiger partial charge in [-0.05, 0) is 31.0 Å². The van der Waals surface area contributed by atoms with E-state index in [-0.39, 0.29) is 11.8 Å². The van der Waals surface area contributed by atoms with E-state index < -0.39 is 15.8 Å². The number of anilines is 5. The molecule has 0 amide bonds. The van der Waals surface area contributed by atoms with Gasteiger partial charge in [0.2, 0.25) is 21.7 Å². The Hall–Kier alpha value is -3.80. The summed E-state index contributed by atoms with van der Waals surface area (Å²) in [6.45, 7) is 3.61. The van der Waals surface area contributed by atoms with Crippen LogP contribution in [0.2, 0.25) is 0 Å². The van der Waals surface area contributed by atoms with Gasteiger partial charge < -0.3 is 24.8 Å². The van der Waals surface area contributed by atoms with Crippen molar-refractivity contribution < 1.29 is 27.0 Å². The van der Waals surface area contributed by atoms with Crippen molar-refractivity contribution >= 4 is 38.9 Å². The van der Waals surface area contributed by atoms with Crippen LogP contribution in [0, 0.1) is 19.7 Å². The van der Waals surface area contributed by atoms with Crippen LogP contribution < -0.4 is 29.6 Å². The zero-order valence-corrected chi connectivity index (χ0v) is 20.4. The third-order valence-electron chi connectivity index (χ3n) is 4.94. The van der Waals surface area contributed by atoms with E-state index in [1.54, 1.807) is 31.2 Å². The van der Waals surface area contributed by atoms with Gasteiger partial charge in [-0.25, -0.2) is 17.8 Å². The van der Waals surface area contributed by atoms with Crippen molar-refractivity contribution in [1.29, 1.82) is 0 Å². The molecule has 0 unspecified atom stereocenters. The van der Waals surface area contributed by atoms with Crippen LogP contribution >= 0.6 is 0 Å². The molecule has 0 saturated heterocycles. The number of hydrogen-bond acceptors (Lipinski definition) is 9. The van der Waals surface area contributed by atoms with E-state index in [0.29, 0.717) is 39.9 Å². The molecule has 1 aromatic heterocycles. The molecule has 0 atom stereocenters. The maximum Gasteiger partial charge on any atom is 0.229 e. The van der Waals surface area contributed by atoms with Crippen LogP contribution in [-0.4, -0.2) is 46.0 Å². The van der Waals surface area contributed by atoms with Gasteiger partial charge in [-0.15, -0.1) is 0 Å². The summed E-state index contributed by atoms with van der Waals surface area (Å²) in [5.74, 6) is 0.454. The highest BCUT2D eigenvalue weighted by Crippen LogP contribution is 2.40. The summed E-state index contributed by atoms with van der Waals surface area (Å²) < 4.78 is 56.8. The molecular formula is C22H26FN5O5S. The molecular weight excluding hydrogens is 465 g/mol. The number of nitrogens with zero attached hydrogens (tertiary/aromatic N) is 2. The summed E-state index contributed by atoms with van der Waals surface area (Å²) in [5, 5.41) is 5.83. The van der Waals surface area contributed by atoms with E-state index in [1.807, 2.05) is 6.92 Å². The highest BCUT2D eigenvalue weighted by atomic mass is 32.2. The Balaban J connectivity index is 1.97. The molecule has 0 bridgehead atoms. The molecule has 0 radical (unpaired) electrons. The van der Waals surface area contributed by atoms with Crippen LogP contribution in [0.4, 0.5) is 33.2 Å². The molecule has 0 saturated carbocycles. The Kier molecular flexibility index (Phi) is 7.30. The molecule has 2 aromatic carbocycles. The van der Waals surface area contributed by atoms with Crippen molar-refractivity contribution in [2.24, 2.45) is 0 Å². The molecule has 0 aliphatic rings. The first-order valence-corrected chi connectivity index (χ1v) is 11.9. The van der Waals surface area contributed by atoms with Gasteiger partial charge in [-0.1, -0.05) is 6.07 Å². The Bertz CT molecular complexity index is 1290. The normalized spacial score (nSPS) is 11.0. The molecule has 12 heteroatoms. The molecule has 1 heterocycles. The van der Waals surface area contributed by atoms with E-state index >= 15 is 0 Å². The highest BCUT2D eigenvalue weighted by Gasteiger charge is 2.17. The standard InChI is InChI=1S/C22H26FN5O5S/c1-12-7-8-16(19(13(12)2)28-34(6,29)30)26-21-15(23)11-24-22(27-21)25-14-9-17(31-3)20(33-5)18(10-14)32-4/h7-11,28H,1-6H3,(H2,24,25,26,27). The van der Waals surface area contributed by atoms with Crippen molar-refractivity contribution in [3.05, 3.63) is 47.4 Å². The van der Waals surface area contributed by atoms with Crippen molar-refractivity contribution in [1.82, 2.24) is 9.97 Å². The second kappa shape index (κ2) is 10.00. The Labute approximate surface area is 197 Å². The molecule has 34 heavy (non-hydrogen) atoms. The first kappa shape index (κ1) is 24.8. The number of aromatic nitrogens is 2. The summed E-state index contributed by atoms with van der Waals surface area (Å²) in [5.41, 5.74) is 2.72. The van der Waals surface area contributed by atoms with Crippen molar-refractivity contribution in [3.8, 4) is 17.2 Å².